The molecule has 132 valence electrons. The summed E-state index contributed by atoms with van der Waals surface area (Å²) in [6, 6.07) is 9.28. The fourth-order valence-corrected chi connectivity index (χ4v) is 3.39. The van der Waals surface area contributed by atoms with Crippen molar-refractivity contribution in [3.05, 3.63) is 59.0 Å². The molecule has 0 unspecified atom stereocenters. The van der Waals surface area contributed by atoms with Crippen molar-refractivity contribution >= 4 is 29.0 Å². The van der Waals surface area contributed by atoms with Gasteiger partial charge in [-0.3, -0.25) is 9.97 Å². The third-order valence-electron chi connectivity index (χ3n) is 4.39. The predicted octanol–water partition coefficient (Wildman–Crippen LogP) is 4.08. The van der Waals surface area contributed by atoms with Crippen LogP contribution in [0.5, 0.6) is 0 Å². The monoisotopic (exact) mass is 386 g/mol. The third-order valence-corrected chi connectivity index (χ3v) is 4.95. The second-order valence-corrected chi connectivity index (χ2v) is 7.02. The van der Waals surface area contributed by atoms with Crippen LogP contribution >= 0.6 is 23.2 Å². The maximum atomic E-state index is 9.82. The van der Waals surface area contributed by atoms with E-state index >= 15 is 0 Å². The molecule has 3 heterocycles. The summed E-state index contributed by atoms with van der Waals surface area (Å²) in [5.74, 6) is 0.724. The highest BCUT2D eigenvalue weighted by Crippen LogP contribution is 2.35. The summed E-state index contributed by atoms with van der Waals surface area (Å²) in [4.78, 5) is 15.6. The number of pyridine rings is 1. The first-order chi connectivity index (χ1) is 12.6. The average molecular weight is 387 g/mol. The minimum Gasteiger partial charge on any atom is -0.391 e. The molecule has 0 radical (unpaired) electrons. The van der Waals surface area contributed by atoms with Gasteiger partial charge < -0.3 is 10.0 Å². The van der Waals surface area contributed by atoms with Gasteiger partial charge in [-0.25, -0.2) is 4.98 Å². The molecule has 3 aromatic rings. The van der Waals surface area contributed by atoms with Gasteiger partial charge >= 0.3 is 0 Å². The first-order valence-electron chi connectivity index (χ1n) is 8.27. The number of halogens is 2. The van der Waals surface area contributed by atoms with Crippen molar-refractivity contribution in [1.29, 1.82) is 0 Å². The van der Waals surface area contributed by atoms with Crippen LogP contribution in [0.2, 0.25) is 10.0 Å². The van der Waals surface area contributed by atoms with Crippen LogP contribution in [-0.4, -0.2) is 39.3 Å². The number of benzene rings is 1. The lowest BCUT2D eigenvalue weighted by atomic mass is 10.0. The van der Waals surface area contributed by atoms with Crippen LogP contribution in [0.3, 0.4) is 0 Å². The number of nitrogens with zero attached hydrogens (tertiary/aromatic N) is 4. The predicted molar refractivity (Wildman–Crippen MR) is 104 cm³/mol. The van der Waals surface area contributed by atoms with Gasteiger partial charge in [0.05, 0.1) is 23.0 Å². The number of anilines is 1. The van der Waals surface area contributed by atoms with E-state index in [2.05, 4.69) is 9.97 Å². The van der Waals surface area contributed by atoms with Crippen LogP contribution < -0.4 is 4.90 Å². The highest BCUT2D eigenvalue weighted by molar-refractivity contribution is 6.33. The van der Waals surface area contributed by atoms with Crippen molar-refractivity contribution in [2.45, 2.75) is 12.5 Å². The van der Waals surface area contributed by atoms with Crippen molar-refractivity contribution in [2.75, 3.05) is 18.0 Å². The van der Waals surface area contributed by atoms with E-state index in [1.54, 1.807) is 18.6 Å². The Morgan fingerprint density at radius 1 is 1.04 bits per heavy atom. The van der Waals surface area contributed by atoms with Gasteiger partial charge in [-0.15, -0.1) is 0 Å². The Balaban J connectivity index is 1.85. The number of hydrogen-bond donors (Lipinski definition) is 1. The SMILES string of the molecule is O[C@H]1CCN(c2cnc(-c3ccc(Cl)cc3)c(-c3ccncc3Cl)n2)C1. The topological polar surface area (TPSA) is 62.1 Å². The molecule has 1 saturated heterocycles. The molecule has 7 heteroatoms. The maximum absolute atomic E-state index is 9.82. The van der Waals surface area contributed by atoms with Crippen LogP contribution in [0.25, 0.3) is 22.5 Å². The van der Waals surface area contributed by atoms with Gasteiger partial charge in [0.15, 0.2) is 0 Å². The second-order valence-electron chi connectivity index (χ2n) is 6.18. The molecule has 1 fully saturated rings. The fourth-order valence-electron chi connectivity index (χ4n) is 3.06. The van der Waals surface area contributed by atoms with Crippen molar-refractivity contribution in [3.8, 4) is 22.5 Å². The zero-order valence-corrected chi connectivity index (χ0v) is 15.3. The molecular formula is C19H16Cl2N4O. The number of aromatic nitrogens is 3. The van der Waals surface area contributed by atoms with E-state index in [-0.39, 0.29) is 6.10 Å². The molecule has 1 aliphatic rings. The summed E-state index contributed by atoms with van der Waals surface area (Å²) in [6.07, 6.45) is 5.41. The average Bonchev–Trinajstić information content (AvgIpc) is 3.09. The molecule has 4 rings (SSSR count). The van der Waals surface area contributed by atoms with Crippen LogP contribution in [-0.2, 0) is 0 Å². The Morgan fingerprint density at radius 3 is 2.54 bits per heavy atom. The minimum atomic E-state index is -0.333. The Labute approximate surface area is 161 Å². The lowest BCUT2D eigenvalue weighted by molar-refractivity contribution is 0.198. The van der Waals surface area contributed by atoms with Crippen LogP contribution in [0.4, 0.5) is 5.82 Å². The van der Waals surface area contributed by atoms with E-state index in [9.17, 15) is 5.11 Å². The van der Waals surface area contributed by atoms with E-state index < -0.39 is 0 Å². The molecule has 0 aliphatic carbocycles. The Hall–Kier alpha value is -2.21. The van der Waals surface area contributed by atoms with Crippen LogP contribution in [0.15, 0.2) is 48.9 Å². The van der Waals surface area contributed by atoms with Crippen molar-refractivity contribution in [3.63, 3.8) is 0 Å². The van der Waals surface area contributed by atoms with Gasteiger partial charge in [0.2, 0.25) is 0 Å². The minimum absolute atomic E-state index is 0.333. The lowest BCUT2D eigenvalue weighted by Gasteiger charge is -2.19. The summed E-state index contributed by atoms with van der Waals surface area (Å²) in [7, 11) is 0. The Bertz CT molecular complexity index is 933. The number of aliphatic hydroxyl groups excluding tert-OH is 1. The second kappa shape index (κ2) is 7.19. The molecule has 0 amide bonds. The smallest absolute Gasteiger partial charge is 0.147 e. The zero-order chi connectivity index (χ0) is 18.1. The fraction of sp³-hybridized carbons (Fsp3) is 0.211. The van der Waals surface area contributed by atoms with Gasteiger partial charge in [0, 0.05) is 41.6 Å². The first-order valence-corrected chi connectivity index (χ1v) is 9.03. The highest BCUT2D eigenvalue weighted by Gasteiger charge is 2.23. The molecule has 0 spiro atoms. The zero-order valence-electron chi connectivity index (χ0n) is 13.8. The van der Waals surface area contributed by atoms with E-state index in [0.717, 1.165) is 35.6 Å². The normalized spacial score (nSPS) is 16.9. The van der Waals surface area contributed by atoms with Crippen LogP contribution in [0, 0.1) is 0 Å². The standard InChI is InChI=1S/C19H16Cl2N4O/c20-13-3-1-12(2-4-13)18-19(15-5-7-22-9-16(15)21)24-17(10-23-18)25-8-6-14(26)11-25/h1-5,7,9-10,14,26H,6,8,11H2/t14-/m0/s1. The van der Waals surface area contributed by atoms with E-state index in [0.29, 0.717) is 22.3 Å². The molecular weight excluding hydrogens is 371 g/mol. The van der Waals surface area contributed by atoms with Gasteiger partial charge in [-0.05, 0) is 24.6 Å². The first kappa shape index (κ1) is 17.2. The van der Waals surface area contributed by atoms with Gasteiger partial charge in [-0.1, -0.05) is 35.3 Å². The Kier molecular flexibility index (Phi) is 4.76. The van der Waals surface area contributed by atoms with Crippen molar-refractivity contribution in [1.82, 2.24) is 15.0 Å². The largest absolute Gasteiger partial charge is 0.391 e. The number of rotatable bonds is 3. The molecule has 2 aromatic heterocycles. The third kappa shape index (κ3) is 3.38. The summed E-state index contributed by atoms with van der Waals surface area (Å²) in [6.45, 7) is 1.30. The van der Waals surface area contributed by atoms with Gasteiger partial charge in [-0.2, -0.15) is 0 Å². The summed E-state index contributed by atoms with van der Waals surface area (Å²) < 4.78 is 0. The summed E-state index contributed by atoms with van der Waals surface area (Å²) in [5, 5.41) is 11.0. The molecule has 1 N–H and O–H groups in total. The molecule has 1 atom stereocenters. The molecule has 1 aromatic carbocycles. The summed E-state index contributed by atoms with van der Waals surface area (Å²) >= 11 is 12.4. The molecule has 0 bridgehead atoms. The van der Waals surface area contributed by atoms with Gasteiger partial charge in [0.25, 0.3) is 0 Å². The Morgan fingerprint density at radius 2 is 1.85 bits per heavy atom. The molecule has 0 saturated carbocycles. The molecule has 1 aliphatic heterocycles. The van der Waals surface area contributed by atoms with E-state index in [1.165, 1.54) is 0 Å². The lowest BCUT2D eigenvalue weighted by Crippen LogP contribution is -2.22. The molecule has 5 nitrogen and oxygen atoms in total. The van der Waals surface area contributed by atoms with Crippen LogP contribution in [0.1, 0.15) is 6.42 Å². The van der Waals surface area contributed by atoms with Crippen molar-refractivity contribution < 1.29 is 5.11 Å². The summed E-state index contributed by atoms with van der Waals surface area (Å²) in [5.41, 5.74) is 3.07. The van der Waals surface area contributed by atoms with Gasteiger partial charge in [0.1, 0.15) is 11.5 Å². The quantitative estimate of drug-likeness (QED) is 0.734. The number of aliphatic hydroxyl groups is 1. The number of hydrogen-bond acceptors (Lipinski definition) is 5. The number of β-amino-alcohol motifs (C(OH)–C–C–N with tert-alkyl or cyclic N) is 1. The van der Waals surface area contributed by atoms with E-state index in [1.807, 2.05) is 35.2 Å². The highest BCUT2D eigenvalue weighted by atomic mass is 35.5. The maximum Gasteiger partial charge on any atom is 0.147 e. The van der Waals surface area contributed by atoms with Crippen molar-refractivity contribution in [2.24, 2.45) is 0 Å². The van der Waals surface area contributed by atoms with E-state index in [4.69, 9.17) is 28.2 Å². The molecule has 26 heavy (non-hydrogen) atoms.